The summed E-state index contributed by atoms with van der Waals surface area (Å²) in [5, 5.41) is 0.559. The van der Waals surface area contributed by atoms with Gasteiger partial charge in [-0.25, -0.2) is 4.98 Å². The van der Waals surface area contributed by atoms with Crippen molar-refractivity contribution >= 4 is 28.6 Å². The lowest BCUT2D eigenvalue weighted by Gasteiger charge is -1.96. The molecule has 1 heterocycles. The maximum Gasteiger partial charge on any atom is 0.248 e. The van der Waals surface area contributed by atoms with Crippen LogP contribution in [0.2, 0.25) is 5.02 Å². The Balaban J connectivity index is 2.17. The van der Waals surface area contributed by atoms with Gasteiger partial charge in [-0.2, -0.15) is 0 Å². The van der Waals surface area contributed by atoms with Crippen LogP contribution in [0.3, 0.4) is 0 Å². The van der Waals surface area contributed by atoms with Crippen molar-refractivity contribution in [2.45, 2.75) is 0 Å². The fourth-order valence-corrected chi connectivity index (χ4v) is 2.05. The average Bonchev–Trinajstić information content (AvgIpc) is 2.81. The van der Waals surface area contributed by atoms with Crippen LogP contribution < -0.4 is 5.73 Å². The molecular weight excluding hydrogens is 264 g/mol. The number of halogens is 1. The van der Waals surface area contributed by atoms with E-state index >= 15 is 0 Å². The molecule has 0 bridgehead atoms. The number of fused-ring (bicyclic) bond motifs is 1. The fourth-order valence-electron chi connectivity index (χ4n) is 1.83. The van der Waals surface area contributed by atoms with Gasteiger partial charge in [-0.1, -0.05) is 23.7 Å². The number of hydrogen-bond donors (Lipinski definition) is 1. The molecule has 0 saturated carbocycles. The molecule has 0 spiro atoms. The van der Waals surface area contributed by atoms with Crippen molar-refractivity contribution < 1.29 is 9.21 Å². The predicted molar refractivity (Wildman–Crippen MR) is 73.0 cm³/mol. The number of nitrogens with two attached hydrogens (primary N) is 1. The van der Waals surface area contributed by atoms with Crippen LogP contribution in [0.4, 0.5) is 0 Å². The quantitative estimate of drug-likeness (QED) is 0.778. The molecule has 2 N–H and O–H groups in total. The molecule has 3 rings (SSSR count). The van der Waals surface area contributed by atoms with Crippen molar-refractivity contribution in [3.8, 4) is 11.5 Å². The van der Waals surface area contributed by atoms with Crippen LogP contribution >= 0.6 is 11.6 Å². The third-order valence-corrected chi connectivity index (χ3v) is 3.11. The van der Waals surface area contributed by atoms with Gasteiger partial charge in [0.25, 0.3) is 0 Å². The van der Waals surface area contributed by atoms with Gasteiger partial charge in [-0.05, 0) is 30.3 Å². The van der Waals surface area contributed by atoms with Gasteiger partial charge < -0.3 is 10.2 Å². The molecule has 0 unspecified atom stereocenters. The Hall–Kier alpha value is -2.33. The number of carbonyl (C=O) groups excluding carboxylic acids is 1. The Morgan fingerprint density at radius 2 is 2.00 bits per heavy atom. The standard InChI is InChI=1S/C14H9ClN2O2/c15-10-4-2-1-3-9(10)14-17-11-7-8(13(16)18)5-6-12(11)19-14/h1-7H,(H2,16,18). The van der Waals surface area contributed by atoms with E-state index < -0.39 is 5.91 Å². The molecule has 3 aromatic rings. The van der Waals surface area contributed by atoms with Crippen molar-refractivity contribution in [3.05, 3.63) is 53.1 Å². The zero-order valence-corrected chi connectivity index (χ0v) is 10.5. The summed E-state index contributed by atoms with van der Waals surface area (Å²) in [6, 6.07) is 12.1. The van der Waals surface area contributed by atoms with Gasteiger partial charge in [0, 0.05) is 5.56 Å². The first kappa shape index (κ1) is 11.7. The highest BCUT2D eigenvalue weighted by Gasteiger charge is 2.12. The Morgan fingerprint density at radius 1 is 1.21 bits per heavy atom. The summed E-state index contributed by atoms with van der Waals surface area (Å²) in [6.45, 7) is 0. The summed E-state index contributed by atoms with van der Waals surface area (Å²) < 4.78 is 5.62. The molecule has 0 aliphatic carbocycles. The van der Waals surface area contributed by atoms with Crippen LogP contribution in [0, 0.1) is 0 Å². The lowest BCUT2D eigenvalue weighted by Crippen LogP contribution is -2.10. The average molecular weight is 273 g/mol. The molecule has 5 heteroatoms. The topological polar surface area (TPSA) is 69.1 Å². The van der Waals surface area contributed by atoms with Gasteiger partial charge >= 0.3 is 0 Å². The van der Waals surface area contributed by atoms with Crippen LogP contribution in [0.1, 0.15) is 10.4 Å². The fraction of sp³-hybridized carbons (Fsp3) is 0. The summed E-state index contributed by atoms with van der Waals surface area (Å²) in [7, 11) is 0. The third-order valence-electron chi connectivity index (χ3n) is 2.78. The molecule has 94 valence electrons. The number of benzene rings is 2. The first-order valence-electron chi connectivity index (χ1n) is 5.60. The van der Waals surface area contributed by atoms with E-state index in [-0.39, 0.29) is 0 Å². The van der Waals surface area contributed by atoms with Gasteiger partial charge in [0.2, 0.25) is 11.8 Å². The Kier molecular flexibility index (Phi) is 2.72. The van der Waals surface area contributed by atoms with Gasteiger partial charge in [0.05, 0.1) is 10.6 Å². The van der Waals surface area contributed by atoms with Gasteiger partial charge in [0.15, 0.2) is 5.58 Å². The van der Waals surface area contributed by atoms with E-state index in [0.717, 1.165) is 0 Å². The normalized spacial score (nSPS) is 10.8. The summed E-state index contributed by atoms with van der Waals surface area (Å²) in [4.78, 5) is 15.4. The lowest BCUT2D eigenvalue weighted by molar-refractivity contribution is 0.100. The van der Waals surface area contributed by atoms with Crippen LogP contribution in [-0.4, -0.2) is 10.9 Å². The van der Waals surface area contributed by atoms with Gasteiger partial charge in [-0.3, -0.25) is 4.79 Å². The van der Waals surface area contributed by atoms with E-state index in [2.05, 4.69) is 4.98 Å². The molecule has 0 radical (unpaired) electrons. The maximum absolute atomic E-state index is 11.1. The van der Waals surface area contributed by atoms with E-state index in [9.17, 15) is 4.79 Å². The minimum absolute atomic E-state index is 0.395. The van der Waals surface area contributed by atoms with Gasteiger partial charge in [0.1, 0.15) is 5.52 Å². The number of amides is 1. The molecule has 19 heavy (non-hydrogen) atoms. The molecule has 4 nitrogen and oxygen atoms in total. The van der Waals surface area contributed by atoms with E-state index in [4.69, 9.17) is 21.8 Å². The molecule has 0 aliphatic heterocycles. The minimum Gasteiger partial charge on any atom is -0.436 e. The van der Waals surface area contributed by atoms with Crippen molar-refractivity contribution in [1.29, 1.82) is 0 Å². The highest BCUT2D eigenvalue weighted by atomic mass is 35.5. The molecule has 1 aromatic heterocycles. The van der Waals surface area contributed by atoms with Crippen molar-refractivity contribution in [3.63, 3.8) is 0 Å². The predicted octanol–water partition coefficient (Wildman–Crippen LogP) is 3.25. The number of oxazole rings is 1. The van der Waals surface area contributed by atoms with E-state index in [0.29, 0.717) is 33.1 Å². The van der Waals surface area contributed by atoms with Crippen molar-refractivity contribution in [2.24, 2.45) is 5.73 Å². The highest BCUT2D eigenvalue weighted by molar-refractivity contribution is 6.33. The first-order valence-corrected chi connectivity index (χ1v) is 5.98. The smallest absolute Gasteiger partial charge is 0.248 e. The summed E-state index contributed by atoms with van der Waals surface area (Å²) in [5.74, 6) is -0.0774. The number of carbonyl (C=O) groups is 1. The molecule has 0 saturated heterocycles. The Labute approximate surface area is 113 Å². The molecule has 1 amide bonds. The van der Waals surface area contributed by atoms with E-state index in [1.54, 1.807) is 24.3 Å². The minimum atomic E-state index is -0.496. The summed E-state index contributed by atoms with van der Waals surface area (Å²) >= 11 is 6.09. The zero-order chi connectivity index (χ0) is 13.4. The SMILES string of the molecule is NC(=O)c1ccc2oc(-c3ccccc3Cl)nc2c1. The van der Waals surface area contributed by atoms with Crippen LogP contribution in [0.25, 0.3) is 22.6 Å². The number of aromatic nitrogens is 1. The van der Waals surface area contributed by atoms with Gasteiger partial charge in [-0.15, -0.1) is 0 Å². The van der Waals surface area contributed by atoms with Crippen LogP contribution in [0.5, 0.6) is 0 Å². The Morgan fingerprint density at radius 3 is 2.74 bits per heavy atom. The molecular formula is C14H9ClN2O2. The van der Waals surface area contributed by atoms with Crippen molar-refractivity contribution in [1.82, 2.24) is 4.98 Å². The largest absolute Gasteiger partial charge is 0.436 e. The Bertz CT molecular complexity index is 780. The van der Waals surface area contributed by atoms with E-state index in [1.807, 2.05) is 18.2 Å². The second-order valence-electron chi connectivity index (χ2n) is 4.05. The third kappa shape index (κ3) is 2.06. The molecule has 0 aliphatic rings. The maximum atomic E-state index is 11.1. The van der Waals surface area contributed by atoms with E-state index in [1.165, 1.54) is 0 Å². The number of rotatable bonds is 2. The molecule has 0 fully saturated rings. The van der Waals surface area contributed by atoms with Crippen LogP contribution in [0.15, 0.2) is 46.9 Å². The first-order chi connectivity index (χ1) is 9.15. The lowest BCUT2D eigenvalue weighted by atomic mass is 10.2. The summed E-state index contributed by atoms with van der Waals surface area (Å²) in [6.07, 6.45) is 0. The number of primary amides is 1. The summed E-state index contributed by atoms with van der Waals surface area (Å²) in [5.41, 5.74) is 7.49. The monoisotopic (exact) mass is 272 g/mol. The number of nitrogens with zero attached hydrogens (tertiary/aromatic N) is 1. The molecule has 2 aromatic carbocycles. The second-order valence-corrected chi connectivity index (χ2v) is 4.45. The van der Waals surface area contributed by atoms with Crippen molar-refractivity contribution in [2.75, 3.05) is 0 Å². The number of hydrogen-bond acceptors (Lipinski definition) is 3. The zero-order valence-electron chi connectivity index (χ0n) is 9.76. The second kappa shape index (κ2) is 4.40. The van der Waals surface area contributed by atoms with Crippen LogP contribution in [-0.2, 0) is 0 Å². The molecule has 0 atom stereocenters. The highest BCUT2D eigenvalue weighted by Crippen LogP contribution is 2.29.